The van der Waals surface area contributed by atoms with Gasteiger partial charge in [-0.15, -0.1) is 0 Å². The van der Waals surface area contributed by atoms with E-state index < -0.39 is 10.8 Å². The molecule has 26 heavy (non-hydrogen) atoms. The van der Waals surface area contributed by atoms with Gasteiger partial charge in [0.2, 0.25) is 0 Å². The number of halogens is 2. The van der Waals surface area contributed by atoms with E-state index in [1.807, 2.05) is 24.3 Å². The van der Waals surface area contributed by atoms with Gasteiger partial charge in [0, 0.05) is 17.8 Å². The SMILES string of the molecule is CCCCNc1ccc(C(=O)C(Br)C(Br)c2ccc(C(=O)O)cc2)cc1. The summed E-state index contributed by atoms with van der Waals surface area (Å²) in [7, 11) is 0. The van der Waals surface area contributed by atoms with Gasteiger partial charge in [0.25, 0.3) is 0 Å². The summed E-state index contributed by atoms with van der Waals surface area (Å²) in [4.78, 5) is 22.9. The average Bonchev–Trinajstić information content (AvgIpc) is 2.67. The summed E-state index contributed by atoms with van der Waals surface area (Å²) in [6.45, 7) is 3.06. The number of benzene rings is 2. The van der Waals surface area contributed by atoms with Gasteiger partial charge in [-0.2, -0.15) is 0 Å². The third kappa shape index (κ3) is 5.42. The molecule has 138 valence electrons. The van der Waals surface area contributed by atoms with Crippen molar-refractivity contribution in [2.24, 2.45) is 0 Å². The summed E-state index contributed by atoms with van der Waals surface area (Å²) in [6, 6.07) is 14.0. The lowest BCUT2D eigenvalue weighted by Crippen LogP contribution is -2.19. The molecule has 0 radical (unpaired) electrons. The third-order valence-corrected chi connectivity index (χ3v) is 6.72. The second-order valence-electron chi connectivity index (χ2n) is 5.95. The molecule has 2 aromatic rings. The molecule has 2 unspecified atom stereocenters. The normalized spacial score (nSPS) is 13.0. The Bertz CT molecular complexity index is 745. The molecule has 0 aliphatic rings. The number of hydrogen-bond donors (Lipinski definition) is 2. The van der Waals surface area contributed by atoms with E-state index in [1.54, 1.807) is 12.1 Å². The van der Waals surface area contributed by atoms with Crippen LogP contribution < -0.4 is 5.32 Å². The fraction of sp³-hybridized carbons (Fsp3) is 0.300. The highest BCUT2D eigenvalue weighted by molar-refractivity contribution is 9.12. The van der Waals surface area contributed by atoms with Gasteiger partial charge in [-0.05, 0) is 48.4 Å². The van der Waals surface area contributed by atoms with Gasteiger partial charge in [0.05, 0.1) is 15.2 Å². The van der Waals surface area contributed by atoms with Crippen LogP contribution in [-0.4, -0.2) is 28.2 Å². The van der Waals surface area contributed by atoms with Gasteiger partial charge < -0.3 is 10.4 Å². The molecule has 0 aliphatic carbocycles. The van der Waals surface area contributed by atoms with Gasteiger partial charge in [0.15, 0.2) is 5.78 Å². The average molecular weight is 483 g/mol. The third-order valence-electron chi connectivity index (χ3n) is 4.01. The summed E-state index contributed by atoms with van der Waals surface area (Å²) in [6.07, 6.45) is 2.24. The number of hydrogen-bond acceptors (Lipinski definition) is 3. The number of carboxylic acids is 1. The number of aromatic carboxylic acids is 1. The zero-order valence-corrected chi connectivity index (χ0v) is 17.6. The first kappa shape index (κ1) is 20.6. The van der Waals surface area contributed by atoms with Crippen molar-refractivity contribution >= 4 is 49.3 Å². The zero-order chi connectivity index (χ0) is 19.1. The van der Waals surface area contributed by atoms with Crippen LogP contribution in [0.25, 0.3) is 0 Å². The number of unbranched alkanes of at least 4 members (excludes halogenated alkanes) is 1. The van der Waals surface area contributed by atoms with Gasteiger partial charge >= 0.3 is 5.97 Å². The topological polar surface area (TPSA) is 66.4 Å². The molecule has 0 fully saturated rings. The van der Waals surface area contributed by atoms with Crippen molar-refractivity contribution in [2.75, 3.05) is 11.9 Å². The number of Topliss-reactive ketones (excluding diaryl/α,β-unsaturated/α-hetero) is 1. The largest absolute Gasteiger partial charge is 0.478 e. The monoisotopic (exact) mass is 481 g/mol. The van der Waals surface area contributed by atoms with Crippen molar-refractivity contribution < 1.29 is 14.7 Å². The summed E-state index contributed by atoms with van der Waals surface area (Å²) >= 11 is 7.01. The lowest BCUT2D eigenvalue weighted by molar-refractivity contribution is 0.0696. The van der Waals surface area contributed by atoms with Gasteiger partial charge in [-0.1, -0.05) is 57.3 Å². The number of rotatable bonds is 9. The molecule has 4 nitrogen and oxygen atoms in total. The van der Waals surface area contributed by atoms with Crippen LogP contribution >= 0.6 is 31.9 Å². The number of anilines is 1. The Morgan fingerprint density at radius 1 is 1.00 bits per heavy atom. The van der Waals surface area contributed by atoms with Crippen molar-refractivity contribution in [3.63, 3.8) is 0 Å². The second kappa shape index (κ2) is 9.88. The minimum absolute atomic E-state index is 0.0331. The molecule has 0 aliphatic heterocycles. The molecule has 0 bridgehead atoms. The van der Waals surface area contributed by atoms with Crippen molar-refractivity contribution in [1.29, 1.82) is 0 Å². The molecule has 0 heterocycles. The molecule has 2 N–H and O–H groups in total. The predicted molar refractivity (Wildman–Crippen MR) is 112 cm³/mol. The Kier molecular flexibility index (Phi) is 7.85. The highest BCUT2D eigenvalue weighted by atomic mass is 79.9. The highest BCUT2D eigenvalue weighted by Crippen LogP contribution is 2.33. The Balaban J connectivity index is 2.04. The number of carbonyl (C=O) groups is 2. The minimum atomic E-state index is -0.971. The first-order valence-electron chi connectivity index (χ1n) is 8.43. The van der Waals surface area contributed by atoms with E-state index in [2.05, 4.69) is 44.1 Å². The zero-order valence-electron chi connectivity index (χ0n) is 14.4. The van der Waals surface area contributed by atoms with Crippen LogP contribution in [0.1, 0.15) is 50.9 Å². The van der Waals surface area contributed by atoms with E-state index in [4.69, 9.17) is 5.11 Å². The Morgan fingerprint density at radius 2 is 1.58 bits per heavy atom. The van der Waals surface area contributed by atoms with Crippen LogP contribution in [0, 0.1) is 0 Å². The number of carbonyl (C=O) groups excluding carboxylic acids is 1. The van der Waals surface area contributed by atoms with E-state index in [0.717, 1.165) is 30.6 Å². The molecule has 6 heteroatoms. The Morgan fingerprint density at radius 3 is 2.12 bits per heavy atom. The molecule has 0 amide bonds. The van der Waals surface area contributed by atoms with Crippen LogP contribution in [-0.2, 0) is 0 Å². The molecule has 0 aromatic heterocycles. The predicted octanol–water partition coefficient (Wildman–Crippen LogP) is 5.68. The quantitative estimate of drug-likeness (QED) is 0.274. The first-order chi connectivity index (χ1) is 12.4. The number of ketones is 1. The fourth-order valence-electron chi connectivity index (χ4n) is 2.43. The van der Waals surface area contributed by atoms with E-state index in [0.29, 0.717) is 5.56 Å². The molecular weight excluding hydrogens is 462 g/mol. The smallest absolute Gasteiger partial charge is 0.335 e. The maximum Gasteiger partial charge on any atom is 0.335 e. The molecular formula is C20H21Br2NO3. The van der Waals surface area contributed by atoms with Crippen molar-refractivity contribution in [3.05, 3.63) is 65.2 Å². The summed E-state index contributed by atoms with van der Waals surface area (Å²) in [5, 5.41) is 12.3. The maximum atomic E-state index is 12.7. The van der Waals surface area contributed by atoms with Crippen LogP contribution in [0.3, 0.4) is 0 Å². The highest BCUT2D eigenvalue weighted by Gasteiger charge is 2.26. The molecule has 0 spiro atoms. The van der Waals surface area contributed by atoms with E-state index >= 15 is 0 Å². The van der Waals surface area contributed by atoms with Crippen LogP contribution in [0.15, 0.2) is 48.5 Å². The van der Waals surface area contributed by atoms with Crippen LogP contribution in [0.4, 0.5) is 5.69 Å². The van der Waals surface area contributed by atoms with Crippen molar-refractivity contribution in [1.82, 2.24) is 0 Å². The lowest BCUT2D eigenvalue weighted by atomic mass is 10.0. The standard InChI is InChI=1S/C20H21Br2NO3/c1-2-3-12-23-16-10-8-14(9-11-16)19(24)18(22)17(21)13-4-6-15(7-5-13)20(25)26/h4-11,17-18,23H,2-3,12H2,1H3,(H,25,26). The second-order valence-corrected chi connectivity index (χ2v) is 7.93. The van der Waals surface area contributed by atoms with Crippen LogP contribution in [0.5, 0.6) is 0 Å². The maximum absolute atomic E-state index is 12.7. The van der Waals surface area contributed by atoms with E-state index in [1.165, 1.54) is 12.1 Å². The number of carboxylic acid groups (broad SMARTS) is 1. The summed E-state index contributed by atoms with van der Waals surface area (Å²) < 4.78 is 0. The minimum Gasteiger partial charge on any atom is -0.478 e. The number of alkyl halides is 2. The van der Waals surface area contributed by atoms with Gasteiger partial charge in [-0.25, -0.2) is 4.79 Å². The Hall–Kier alpha value is -1.66. The fourth-order valence-corrected chi connectivity index (χ4v) is 3.55. The summed E-state index contributed by atoms with van der Waals surface area (Å²) in [5.74, 6) is -1.00. The lowest BCUT2D eigenvalue weighted by Gasteiger charge is -2.17. The Labute approximate surface area is 170 Å². The number of nitrogens with one attached hydrogen (secondary N) is 1. The van der Waals surface area contributed by atoms with Crippen LogP contribution in [0.2, 0.25) is 0 Å². The summed E-state index contributed by atoms with van der Waals surface area (Å²) in [5.41, 5.74) is 2.68. The first-order valence-corrected chi connectivity index (χ1v) is 10.3. The van der Waals surface area contributed by atoms with E-state index in [9.17, 15) is 9.59 Å². The van der Waals surface area contributed by atoms with Crippen molar-refractivity contribution in [2.45, 2.75) is 29.4 Å². The molecule has 2 atom stereocenters. The van der Waals surface area contributed by atoms with E-state index in [-0.39, 0.29) is 16.2 Å². The molecule has 0 saturated carbocycles. The molecule has 2 rings (SSSR count). The molecule has 2 aromatic carbocycles. The van der Waals surface area contributed by atoms with Crippen molar-refractivity contribution in [3.8, 4) is 0 Å². The van der Waals surface area contributed by atoms with Gasteiger partial charge in [0.1, 0.15) is 0 Å². The van der Waals surface area contributed by atoms with Gasteiger partial charge in [-0.3, -0.25) is 4.79 Å². The molecule has 0 saturated heterocycles.